The molecule has 0 N–H and O–H groups in total. The second-order valence-corrected chi connectivity index (χ2v) is 8.51. The van der Waals surface area contributed by atoms with Crippen LogP contribution in [0.15, 0.2) is 16.7 Å². The number of nitrogens with zero attached hydrogens (tertiary/aromatic N) is 4. The quantitative estimate of drug-likeness (QED) is 0.800. The fourth-order valence-corrected chi connectivity index (χ4v) is 2.41. The molecular formula is C15H18N4O4S. The van der Waals surface area contributed by atoms with Gasteiger partial charge in [-0.15, -0.1) is 0 Å². The molecule has 0 aliphatic rings. The molecule has 0 bridgehead atoms. The molecule has 9 heteroatoms. The van der Waals surface area contributed by atoms with Crippen molar-refractivity contribution in [1.82, 2.24) is 15.1 Å². The first-order valence-electron chi connectivity index (χ1n) is 7.12. The number of sulfone groups is 1. The predicted molar refractivity (Wildman–Crippen MR) is 84.8 cm³/mol. The average molecular weight is 350 g/mol. The summed E-state index contributed by atoms with van der Waals surface area (Å²) in [7, 11) is -3.24. The number of hydrogen-bond donors (Lipinski definition) is 0. The van der Waals surface area contributed by atoms with Crippen molar-refractivity contribution in [2.45, 2.75) is 38.5 Å². The molecule has 0 amide bonds. The van der Waals surface area contributed by atoms with E-state index < -0.39 is 9.84 Å². The van der Waals surface area contributed by atoms with E-state index in [1.54, 1.807) is 12.1 Å². The summed E-state index contributed by atoms with van der Waals surface area (Å²) in [4.78, 5) is 8.31. The maximum absolute atomic E-state index is 11.2. The Morgan fingerprint density at radius 2 is 2.00 bits per heavy atom. The first-order chi connectivity index (χ1) is 11.1. The Labute approximate surface area is 140 Å². The Morgan fingerprint density at radius 1 is 1.29 bits per heavy atom. The van der Waals surface area contributed by atoms with Gasteiger partial charge in [0.15, 0.2) is 22.3 Å². The van der Waals surface area contributed by atoms with Crippen molar-refractivity contribution in [1.29, 1.82) is 5.26 Å². The van der Waals surface area contributed by atoms with Gasteiger partial charge in [-0.25, -0.2) is 13.4 Å². The van der Waals surface area contributed by atoms with E-state index in [2.05, 4.69) is 15.1 Å². The monoisotopic (exact) mass is 350 g/mol. The molecule has 0 atom stereocenters. The fraction of sp³-hybridized carbons (Fsp3) is 0.467. The highest BCUT2D eigenvalue weighted by Crippen LogP contribution is 2.25. The van der Waals surface area contributed by atoms with Crippen molar-refractivity contribution < 1.29 is 17.7 Å². The lowest BCUT2D eigenvalue weighted by Crippen LogP contribution is -2.14. The zero-order valence-corrected chi connectivity index (χ0v) is 14.7. The topological polar surface area (TPSA) is 119 Å². The molecule has 0 saturated carbocycles. The lowest BCUT2D eigenvalue weighted by Gasteiger charge is -2.18. The van der Waals surface area contributed by atoms with Crippen LogP contribution in [0.3, 0.4) is 0 Å². The lowest BCUT2D eigenvalue weighted by molar-refractivity contribution is 0.233. The highest BCUT2D eigenvalue weighted by Gasteiger charge is 2.19. The highest BCUT2D eigenvalue weighted by molar-refractivity contribution is 7.89. The normalized spacial score (nSPS) is 12.0. The maximum Gasteiger partial charge on any atom is 0.264 e. The molecule has 0 fully saturated rings. The molecule has 2 heterocycles. The number of hydrogen-bond acceptors (Lipinski definition) is 8. The number of nitriles is 1. The van der Waals surface area contributed by atoms with Crippen molar-refractivity contribution in [3.63, 3.8) is 0 Å². The summed E-state index contributed by atoms with van der Waals surface area (Å²) in [5.74, 6) is 0.0406. The number of rotatable bonds is 5. The summed E-state index contributed by atoms with van der Waals surface area (Å²) in [6.07, 6.45) is 1.08. The van der Waals surface area contributed by atoms with E-state index in [0.717, 1.165) is 11.9 Å². The van der Waals surface area contributed by atoms with Crippen LogP contribution in [0.25, 0.3) is 0 Å². The Morgan fingerprint density at radius 3 is 2.58 bits per heavy atom. The van der Waals surface area contributed by atoms with E-state index in [4.69, 9.17) is 14.5 Å². The third-order valence-electron chi connectivity index (χ3n) is 2.98. The van der Waals surface area contributed by atoms with Crippen LogP contribution in [0.1, 0.15) is 43.7 Å². The second kappa shape index (κ2) is 6.57. The van der Waals surface area contributed by atoms with Gasteiger partial charge >= 0.3 is 0 Å². The minimum atomic E-state index is -3.24. The van der Waals surface area contributed by atoms with Crippen molar-refractivity contribution in [3.05, 3.63) is 35.1 Å². The third-order valence-corrected chi connectivity index (χ3v) is 3.77. The number of ether oxygens (including phenoxy) is 1. The molecule has 2 aromatic heterocycles. The Kier molecular flexibility index (Phi) is 4.89. The summed E-state index contributed by atoms with van der Waals surface area (Å²) < 4.78 is 32.9. The van der Waals surface area contributed by atoms with E-state index in [9.17, 15) is 8.42 Å². The molecule has 0 aliphatic carbocycles. The minimum Gasteiger partial charge on any atom is -0.467 e. The summed E-state index contributed by atoms with van der Waals surface area (Å²) in [6, 6.07) is 5.44. The van der Waals surface area contributed by atoms with Gasteiger partial charge in [0, 0.05) is 17.4 Å². The van der Waals surface area contributed by atoms with Crippen molar-refractivity contribution in [3.8, 4) is 11.9 Å². The fourth-order valence-electron chi connectivity index (χ4n) is 1.83. The van der Waals surface area contributed by atoms with Crippen molar-refractivity contribution in [2.75, 3.05) is 6.26 Å². The molecule has 128 valence electrons. The SMILES string of the molecule is CC(C)(C)c1ccc(C#N)c(OCc2nc(CS(C)(=O)=O)no2)n1. The summed E-state index contributed by atoms with van der Waals surface area (Å²) in [6.45, 7) is 5.90. The van der Waals surface area contributed by atoms with E-state index >= 15 is 0 Å². The first-order valence-corrected chi connectivity index (χ1v) is 9.18. The van der Waals surface area contributed by atoms with E-state index in [-0.39, 0.29) is 35.4 Å². The van der Waals surface area contributed by atoms with Crippen LogP contribution in [-0.2, 0) is 27.6 Å². The molecule has 0 aliphatic heterocycles. The third kappa shape index (κ3) is 4.76. The largest absolute Gasteiger partial charge is 0.467 e. The number of pyridine rings is 1. The van der Waals surface area contributed by atoms with Gasteiger partial charge in [0.25, 0.3) is 5.89 Å². The second-order valence-electron chi connectivity index (χ2n) is 6.37. The molecule has 2 rings (SSSR count). The minimum absolute atomic E-state index is 0.0630. The van der Waals surface area contributed by atoms with Crippen molar-refractivity contribution >= 4 is 9.84 Å². The molecule has 0 spiro atoms. The van der Waals surface area contributed by atoms with Gasteiger partial charge in [-0.3, -0.25) is 0 Å². The van der Waals surface area contributed by atoms with Crippen LogP contribution in [0.5, 0.6) is 5.88 Å². The molecule has 0 radical (unpaired) electrons. The smallest absolute Gasteiger partial charge is 0.264 e. The van der Waals surface area contributed by atoms with Crippen molar-refractivity contribution in [2.24, 2.45) is 0 Å². The van der Waals surface area contributed by atoms with Gasteiger partial charge in [-0.05, 0) is 12.1 Å². The maximum atomic E-state index is 11.2. The average Bonchev–Trinajstić information content (AvgIpc) is 2.89. The lowest BCUT2D eigenvalue weighted by atomic mass is 9.91. The van der Waals surface area contributed by atoms with Crippen LogP contribution in [0.4, 0.5) is 0 Å². The van der Waals surface area contributed by atoms with Gasteiger partial charge in [-0.1, -0.05) is 25.9 Å². The standard InChI is InChI=1S/C15H18N4O4S/c1-15(2,3)11-6-5-10(7-16)14(17-11)22-8-13-18-12(19-23-13)9-24(4,20)21/h5-6H,8-9H2,1-4H3. The molecule has 0 saturated heterocycles. The number of aromatic nitrogens is 3. The van der Waals surface area contributed by atoms with E-state index in [1.807, 2.05) is 26.8 Å². The van der Waals surface area contributed by atoms with Crippen LogP contribution in [0.2, 0.25) is 0 Å². The first kappa shape index (κ1) is 17.9. The van der Waals surface area contributed by atoms with Gasteiger partial charge in [0.1, 0.15) is 17.4 Å². The van der Waals surface area contributed by atoms with Crippen LogP contribution in [0, 0.1) is 11.3 Å². The van der Waals surface area contributed by atoms with Gasteiger partial charge < -0.3 is 9.26 Å². The molecule has 8 nitrogen and oxygen atoms in total. The van der Waals surface area contributed by atoms with E-state index in [0.29, 0.717) is 5.56 Å². The van der Waals surface area contributed by atoms with Crippen LogP contribution in [-0.4, -0.2) is 29.8 Å². The zero-order chi connectivity index (χ0) is 18.0. The van der Waals surface area contributed by atoms with Crippen LogP contribution < -0.4 is 4.74 Å². The Balaban J connectivity index is 2.16. The molecule has 24 heavy (non-hydrogen) atoms. The summed E-state index contributed by atoms with van der Waals surface area (Å²) in [5, 5.41) is 12.7. The van der Waals surface area contributed by atoms with Crippen LogP contribution >= 0.6 is 0 Å². The molecule has 0 unspecified atom stereocenters. The Bertz CT molecular complexity index is 876. The molecular weight excluding hydrogens is 332 g/mol. The van der Waals surface area contributed by atoms with Gasteiger partial charge in [0.2, 0.25) is 5.88 Å². The van der Waals surface area contributed by atoms with Gasteiger partial charge in [0.05, 0.1) is 0 Å². The van der Waals surface area contributed by atoms with E-state index in [1.165, 1.54) is 0 Å². The zero-order valence-electron chi connectivity index (χ0n) is 13.9. The summed E-state index contributed by atoms with van der Waals surface area (Å²) >= 11 is 0. The Hall–Kier alpha value is -2.47. The highest BCUT2D eigenvalue weighted by atomic mass is 32.2. The molecule has 2 aromatic rings. The molecule has 0 aromatic carbocycles. The predicted octanol–water partition coefficient (Wildman–Crippen LogP) is 1.76. The van der Waals surface area contributed by atoms with Gasteiger partial charge in [-0.2, -0.15) is 10.2 Å². The summed E-state index contributed by atoms with van der Waals surface area (Å²) in [5.41, 5.74) is 0.873.